The third kappa shape index (κ3) is 8.53. The van der Waals surface area contributed by atoms with Crippen LogP contribution in [0.2, 0.25) is 0 Å². The maximum atomic E-state index is 12.8. The SMILES string of the molecule is COC(CNC1CCC(CCN2CCc3nc(OC(C)C(F)(F)F)sc3CC2)CC1)CC1CN=C(C)O1. The molecule has 210 valence electrons. The highest BCUT2D eigenvalue weighted by molar-refractivity contribution is 7.13. The second-order valence-corrected chi connectivity index (χ2v) is 11.6. The van der Waals surface area contributed by atoms with Gasteiger partial charge in [0.1, 0.15) is 6.10 Å². The molecular formula is C26H41F3N4O3S. The summed E-state index contributed by atoms with van der Waals surface area (Å²) in [6, 6.07) is 0.549. The lowest BCUT2D eigenvalue weighted by Crippen LogP contribution is -2.40. The molecule has 0 bridgehead atoms. The minimum atomic E-state index is -4.37. The van der Waals surface area contributed by atoms with E-state index < -0.39 is 12.3 Å². The number of halogens is 3. The molecule has 1 aromatic rings. The van der Waals surface area contributed by atoms with Gasteiger partial charge in [-0.15, -0.1) is 0 Å². The first-order valence-electron chi connectivity index (χ1n) is 13.6. The van der Waals surface area contributed by atoms with Crippen LogP contribution in [0.1, 0.15) is 62.9 Å². The van der Waals surface area contributed by atoms with Crippen LogP contribution in [-0.4, -0.2) is 86.1 Å². The molecule has 7 nitrogen and oxygen atoms in total. The quantitative estimate of drug-likeness (QED) is 0.437. The van der Waals surface area contributed by atoms with E-state index in [4.69, 9.17) is 14.2 Å². The molecular weight excluding hydrogens is 505 g/mol. The molecule has 0 radical (unpaired) electrons. The summed E-state index contributed by atoms with van der Waals surface area (Å²) in [6.45, 7) is 7.40. The van der Waals surface area contributed by atoms with Gasteiger partial charge >= 0.3 is 6.18 Å². The molecule has 1 saturated carbocycles. The number of alkyl halides is 3. The third-order valence-electron chi connectivity index (χ3n) is 7.87. The Kier molecular flexibility index (Phi) is 10.1. The highest BCUT2D eigenvalue weighted by Crippen LogP contribution is 2.32. The largest absolute Gasteiger partial charge is 0.476 e. The summed E-state index contributed by atoms with van der Waals surface area (Å²) < 4.78 is 54.8. The van der Waals surface area contributed by atoms with Crippen molar-refractivity contribution in [3.63, 3.8) is 0 Å². The number of methoxy groups -OCH3 is 1. The lowest BCUT2D eigenvalue weighted by atomic mass is 9.84. The standard InChI is InChI=1S/C26H41F3N4O3S/c1-17(26(27,28)29)35-25-32-23-9-12-33(13-10-24(23)37-25)11-8-19-4-6-20(7-5-19)31-15-21(34-3)14-22-16-30-18(2)36-22/h17,19-22,31H,4-16H2,1-3H3. The van der Waals surface area contributed by atoms with Gasteiger partial charge in [-0.2, -0.15) is 13.2 Å². The fourth-order valence-electron chi connectivity index (χ4n) is 5.42. The predicted octanol–water partition coefficient (Wildman–Crippen LogP) is 4.63. The molecule has 3 unspecified atom stereocenters. The molecule has 11 heteroatoms. The Bertz CT molecular complexity index is 863. The number of fused-ring (bicyclic) bond motifs is 1. The zero-order valence-corrected chi connectivity index (χ0v) is 23.0. The van der Waals surface area contributed by atoms with E-state index in [9.17, 15) is 13.2 Å². The Morgan fingerprint density at radius 1 is 1.19 bits per heavy atom. The number of aromatic nitrogens is 1. The topological polar surface area (TPSA) is 68.2 Å². The highest BCUT2D eigenvalue weighted by atomic mass is 32.1. The van der Waals surface area contributed by atoms with Crippen molar-refractivity contribution in [1.29, 1.82) is 0 Å². The van der Waals surface area contributed by atoms with Crippen molar-refractivity contribution in [3.05, 3.63) is 10.6 Å². The minimum absolute atomic E-state index is 0.136. The average molecular weight is 547 g/mol. The Hall–Kier alpha value is -1.43. The monoisotopic (exact) mass is 546 g/mol. The van der Waals surface area contributed by atoms with Crippen molar-refractivity contribution >= 4 is 17.2 Å². The van der Waals surface area contributed by atoms with Crippen molar-refractivity contribution in [2.45, 2.75) is 95.7 Å². The first-order valence-corrected chi connectivity index (χ1v) is 14.4. The summed E-state index contributed by atoms with van der Waals surface area (Å²) in [7, 11) is 1.77. The van der Waals surface area contributed by atoms with Crippen LogP contribution < -0.4 is 10.1 Å². The van der Waals surface area contributed by atoms with E-state index in [0.717, 1.165) is 81.3 Å². The van der Waals surface area contributed by atoms with Gasteiger partial charge < -0.3 is 24.4 Å². The fraction of sp³-hybridized carbons (Fsp3) is 0.846. The first kappa shape index (κ1) is 28.6. The number of hydrogen-bond donors (Lipinski definition) is 1. The number of rotatable bonds is 11. The molecule has 37 heavy (non-hydrogen) atoms. The second-order valence-electron chi connectivity index (χ2n) is 10.6. The average Bonchev–Trinajstić information content (AvgIpc) is 3.40. The van der Waals surface area contributed by atoms with Gasteiger partial charge in [0.25, 0.3) is 5.19 Å². The molecule has 4 rings (SSSR count). The summed E-state index contributed by atoms with van der Waals surface area (Å²) in [5.41, 5.74) is 0.903. The van der Waals surface area contributed by atoms with Gasteiger partial charge in [0, 0.05) is 57.4 Å². The van der Waals surface area contributed by atoms with Crippen LogP contribution in [0.4, 0.5) is 13.2 Å². The number of nitrogens with one attached hydrogen (secondary N) is 1. The van der Waals surface area contributed by atoms with Crippen LogP contribution >= 0.6 is 11.3 Å². The smallest absolute Gasteiger partial charge is 0.425 e. The molecule has 1 aliphatic carbocycles. The van der Waals surface area contributed by atoms with Crippen LogP contribution in [0.5, 0.6) is 5.19 Å². The van der Waals surface area contributed by atoms with Gasteiger partial charge in [-0.1, -0.05) is 11.3 Å². The molecule has 1 N–H and O–H groups in total. The number of thiazole rings is 1. The molecule has 0 aromatic carbocycles. The van der Waals surface area contributed by atoms with Crippen LogP contribution in [0.25, 0.3) is 0 Å². The lowest BCUT2D eigenvalue weighted by molar-refractivity contribution is -0.189. The van der Waals surface area contributed by atoms with Gasteiger partial charge in [0.05, 0.1) is 18.3 Å². The van der Waals surface area contributed by atoms with E-state index in [0.29, 0.717) is 6.04 Å². The van der Waals surface area contributed by atoms with E-state index in [2.05, 4.69) is 20.2 Å². The van der Waals surface area contributed by atoms with Gasteiger partial charge in [-0.05, 0) is 57.9 Å². The molecule has 1 aromatic heterocycles. The van der Waals surface area contributed by atoms with E-state index in [-0.39, 0.29) is 17.4 Å². The molecule has 2 aliphatic heterocycles. The van der Waals surface area contributed by atoms with Crippen molar-refractivity contribution in [2.75, 3.05) is 39.8 Å². The van der Waals surface area contributed by atoms with Crippen molar-refractivity contribution in [2.24, 2.45) is 10.9 Å². The minimum Gasteiger partial charge on any atom is -0.476 e. The van der Waals surface area contributed by atoms with Crippen molar-refractivity contribution in [3.8, 4) is 5.19 Å². The number of nitrogens with zero attached hydrogens (tertiary/aromatic N) is 3. The third-order valence-corrected chi connectivity index (χ3v) is 8.91. The van der Waals surface area contributed by atoms with Gasteiger partial charge in [0.15, 0.2) is 12.0 Å². The molecule has 3 heterocycles. The first-order chi connectivity index (χ1) is 17.7. The van der Waals surface area contributed by atoms with Crippen molar-refractivity contribution < 1.29 is 27.4 Å². The summed E-state index contributed by atoms with van der Waals surface area (Å²) in [5.74, 6) is 1.53. The molecule has 0 spiro atoms. The van der Waals surface area contributed by atoms with Crippen LogP contribution in [0, 0.1) is 5.92 Å². The van der Waals surface area contributed by atoms with Gasteiger partial charge in [-0.25, -0.2) is 4.98 Å². The highest BCUT2D eigenvalue weighted by Gasteiger charge is 2.39. The van der Waals surface area contributed by atoms with Gasteiger partial charge in [-0.3, -0.25) is 4.99 Å². The Labute approximate surface area is 222 Å². The molecule has 0 amide bonds. The molecule has 1 fully saturated rings. The lowest BCUT2D eigenvalue weighted by Gasteiger charge is -2.32. The summed E-state index contributed by atoms with van der Waals surface area (Å²) in [4.78, 5) is 12.2. The number of ether oxygens (including phenoxy) is 3. The maximum absolute atomic E-state index is 12.8. The summed E-state index contributed by atoms with van der Waals surface area (Å²) >= 11 is 1.27. The Morgan fingerprint density at radius 3 is 2.62 bits per heavy atom. The Balaban J connectivity index is 1.11. The van der Waals surface area contributed by atoms with E-state index in [1.54, 1.807) is 7.11 Å². The van der Waals surface area contributed by atoms with Crippen molar-refractivity contribution in [1.82, 2.24) is 15.2 Å². The van der Waals surface area contributed by atoms with E-state index >= 15 is 0 Å². The summed E-state index contributed by atoms with van der Waals surface area (Å²) in [6.07, 6.45) is 2.60. The maximum Gasteiger partial charge on any atom is 0.425 e. The molecule has 3 atom stereocenters. The normalized spacial score (nSPS) is 26.6. The van der Waals surface area contributed by atoms with Crippen LogP contribution in [0.3, 0.4) is 0 Å². The van der Waals surface area contributed by atoms with Crippen LogP contribution in [0.15, 0.2) is 4.99 Å². The number of hydrogen-bond acceptors (Lipinski definition) is 8. The second kappa shape index (κ2) is 13.1. The van der Waals surface area contributed by atoms with E-state index in [1.165, 1.54) is 43.4 Å². The summed E-state index contributed by atoms with van der Waals surface area (Å²) in [5, 5.41) is 3.86. The zero-order valence-electron chi connectivity index (χ0n) is 22.2. The van der Waals surface area contributed by atoms with Crippen LogP contribution in [-0.2, 0) is 22.3 Å². The fourth-order valence-corrected chi connectivity index (χ4v) is 6.44. The Morgan fingerprint density at radius 2 is 1.95 bits per heavy atom. The predicted molar refractivity (Wildman–Crippen MR) is 139 cm³/mol. The molecule has 3 aliphatic rings. The zero-order chi connectivity index (χ0) is 26.4. The number of aliphatic imine (C=N–C) groups is 1. The van der Waals surface area contributed by atoms with E-state index in [1.807, 2.05) is 6.92 Å². The molecule has 0 saturated heterocycles. The van der Waals surface area contributed by atoms with Gasteiger partial charge in [0.2, 0.25) is 0 Å².